The molecule has 0 aliphatic carbocycles. The molecule has 1 aliphatic rings. The van der Waals surface area contributed by atoms with Crippen LogP contribution >= 0.6 is 0 Å². The monoisotopic (exact) mass is 316 g/mol. The van der Waals surface area contributed by atoms with Crippen molar-refractivity contribution < 1.29 is 13.2 Å². The second-order valence-corrected chi connectivity index (χ2v) is 7.03. The third-order valence-electron chi connectivity index (χ3n) is 3.61. The molecule has 0 aromatic carbocycles. The summed E-state index contributed by atoms with van der Waals surface area (Å²) in [5, 5.41) is 9.70. The van der Waals surface area contributed by atoms with Crippen molar-refractivity contribution >= 4 is 10.0 Å². The number of aromatic nitrogens is 2. The lowest BCUT2D eigenvalue weighted by atomic mass is 10.1. The molecule has 0 bridgehead atoms. The first-order chi connectivity index (χ1) is 10.0. The molecule has 120 valence electrons. The van der Waals surface area contributed by atoms with Crippen LogP contribution in [-0.2, 0) is 21.3 Å². The van der Waals surface area contributed by atoms with E-state index in [1.54, 1.807) is 14.0 Å². The number of aromatic amines is 1. The first-order valence-corrected chi connectivity index (χ1v) is 8.82. The van der Waals surface area contributed by atoms with Gasteiger partial charge in [-0.1, -0.05) is 0 Å². The van der Waals surface area contributed by atoms with Gasteiger partial charge in [-0.2, -0.15) is 5.10 Å². The fraction of sp³-hybridized carbons (Fsp3) is 0.769. The van der Waals surface area contributed by atoms with Crippen molar-refractivity contribution in [1.82, 2.24) is 20.2 Å². The summed E-state index contributed by atoms with van der Waals surface area (Å²) in [7, 11) is -1.78. The molecule has 21 heavy (non-hydrogen) atoms. The topological polar surface area (TPSA) is 96.1 Å². The summed E-state index contributed by atoms with van der Waals surface area (Å²) in [6, 6.07) is 0. The van der Waals surface area contributed by atoms with Crippen LogP contribution in [0.25, 0.3) is 0 Å². The summed E-state index contributed by atoms with van der Waals surface area (Å²) in [6.45, 7) is 3.29. The van der Waals surface area contributed by atoms with Gasteiger partial charge in [0, 0.05) is 19.7 Å². The molecule has 3 N–H and O–H groups in total. The average molecular weight is 316 g/mol. The van der Waals surface area contributed by atoms with Gasteiger partial charge in [-0.15, -0.1) is 0 Å². The Labute approximate surface area is 125 Å². The third-order valence-corrected chi connectivity index (χ3v) is 5.27. The van der Waals surface area contributed by atoms with Crippen molar-refractivity contribution in [3.8, 4) is 0 Å². The van der Waals surface area contributed by atoms with E-state index >= 15 is 0 Å². The van der Waals surface area contributed by atoms with E-state index in [4.69, 9.17) is 4.74 Å². The van der Waals surface area contributed by atoms with Crippen molar-refractivity contribution in [3.63, 3.8) is 0 Å². The summed E-state index contributed by atoms with van der Waals surface area (Å²) in [4.78, 5) is 0.251. The average Bonchev–Trinajstić information content (AvgIpc) is 2.82. The number of aryl methyl sites for hydroxylation is 1. The van der Waals surface area contributed by atoms with E-state index in [2.05, 4.69) is 20.2 Å². The van der Waals surface area contributed by atoms with Crippen LogP contribution in [0.2, 0.25) is 0 Å². The fourth-order valence-electron chi connectivity index (χ4n) is 2.57. The molecule has 1 aliphatic heterocycles. The van der Waals surface area contributed by atoms with E-state index < -0.39 is 10.0 Å². The van der Waals surface area contributed by atoms with Crippen LogP contribution in [0.15, 0.2) is 4.90 Å². The molecule has 8 heteroatoms. The standard InChI is InChI=1S/C13H24N4O3S/c1-10-13(12(9-14-2)17-16-10)21(18,19)15-7-6-11-5-3-4-8-20-11/h11,14-15H,3-9H2,1-2H3,(H,16,17). The van der Waals surface area contributed by atoms with Crippen molar-refractivity contribution in [2.24, 2.45) is 0 Å². The van der Waals surface area contributed by atoms with Gasteiger partial charge in [0.15, 0.2) is 0 Å². The van der Waals surface area contributed by atoms with Crippen LogP contribution in [-0.4, -0.2) is 44.9 Å². The van der Waals surface area contributed by atoms with Gasteiger partial charge in [0.1, 0.15) is 4.90 Å². The number of rotatable bonds is 7. The molecule has 1 atom stereocenters. The molecule has 1 aromatic rings. The van der Waals surface area contributed by atoms with Crippen molar-refractivity contribution in [2.45, 2.75) is 50.2 Å². The zero-order chi connectivity index (χ0) is 15.3. The first kappa shape index (κ1) is 16.4. The lowest BCUT2D eigenvalue weighted by molar-refractivity contribution is 0.0123. The lowest BCUT2D eigenvalue weighted by Gasteiger charge is -2.22. The predicted octanol–water partition coefficient (Wildman–Crippen LogP) is 0.675. The molecule has 1 fully saturated rings. The van der Waals surface area contributed by atoms with E-state index in [-0.39, 0.29) is 11.0 Å². The van der Waals surface area contributed by atoms with Crippen molar-refractivity contribution in [3.05, 3.63) is 11.4 Å². The van der Waals surface area contributed by atoms with Crippen LogP contribution in [0, 0.1) is 6.92 Å². The molecule has 1 aromatic heterocycles. The Balaban J connectivity index is 1.96. The number of sulfonamides is 1. The van der Waals surface area contributed by atoms with Gasteiger partial charge in [-0.05, 0) is 39.7 Å². The Morgan fingerprint density at radius 1 is 1.43 bits per heavy atom. The molecule has 0 radical (unpaired) electrons. The Hall–Kier alpha value is -0.960. The minimum absolute atomic E-state index is 0.170. The Bertz CT molecular complexity index is 550. The van der Waals surface area contributed by atoms with E-state index in [1.165, 1.54) is 0 Å². The van der Waals surface area contributed by atoms with E-state index in [0.29, 0.717) is 30.9 Å². The minimum Gasteiger partial charge on any atom is -0.378 e. The number of ether oxygens (including phenoxy) is 1. The normalized spacial score (nSPS) is 19.8. The Morgan fingerprint density at radius 2 is 2.24 bits per heavy atom. The maximum absolute atomic E-state index is 12.4. The fourth-order valence-corrected chi connectivity index (χ4v) is 3.98. The lowest BCUT2D eigenvalue weighted by Crippen LogP contribution is -2.30. The van der Waals surface area contributed by atoms with E-state index in [1.807, 2.05) is 0 Å². The summed E-state index contributed by atoms with van der Waals surface area (Å²) >= 11 is 0. The van der Waals surface area contributed by atoms with E-state index in [0.717, 1.165) is 25.9 Å². The molecule has 0 saturated carbocycles. The molecule has 7 nitrogen and oxygen atoms in total. The van der Waals surface area contributed by atoms with Gasteiger partial charge in [-0.25, -0.2) is 13.1 Å². The van der Waals surface area contributed by atoms with Crippen LogP contribution in [0.3, 0.4) is 0 Å². The van der Waals surface area contributed by atoms with Crippen molar-refractivity contribution in [1.29, 1.82) is 0 Å². The maximum Gasteiger partial charge on any atom is 0.244 e. The van der Waals surface area contributed by atoms with Gasteiger partial charge in [-0.3, -0.25) is 5.10 Å². The SMILES string of the molecule is CNCc1n[nH]c(C)c1S(=O)(=O)NCCC1CCCCO1. The summed E-state index contributed by atoms with van der Waals surface area (Å²) in [5.74, 6) is 0. The Morgan fingerprint density at radius 3 is 2.90 bits per heavy atom. The largest absolute Gasteiger partial charge is 0.378 e. The molecular formula is C13H24N4O3S. The molecule has 1 saturated heterocycles. The van der Waals surface area contributed by atoms with Crippen LogP contribution in [0.1, 0.15) is 37.1 Å². The highest BCUT2D eigenvalue weighted by atomic mass is 32.2. The molecule has 2 rings (SSSR count). The van der Waals surface area contributed by atoms with Gasteiger partial charge < -0.3 is 10.1 Å². The van der Waals surface area contributed by atoms with Crippen LogP contribution in [0.5, 0.6) is 0 Å². The van der Waals surface area contributed by atoms with Gasteiger partial charge >= 0.3 is 0 Å². The van der Waals surface area contributed by atoms with Gasteiger partial charge in [0.2, 0.25) is 10.0 Å². The second-order valence-electron chi connectivity index (χ2n) is 5.33. The zero-order valence-electron chi connectivity index (χ0n) is 12.6. The highest BCUT2D eigenvalue weighted by Crippen LogP contribution is 2.18. The quantitative estimate of drug-likeness (QED) is 0.687. The second kappa shape index (κ2) is 7.35. The maximum atomic E-state index is 12.4. The number of H-pyrrole nitrogens is 1. The summed E-state index contributed by atoms with van der Waals surface area (Å²) < 4.78 is 33.1. The van der Waals surface area contributed by atoms with Gasteiger partial charge in [0.05, 0.1) is 17.5 Å². The predicted molar refractivity (Wildman–Crippen MR) is 79.5 cm³/mol. The molecular weight excluding hydrogens is 292 g/mol. The van der Waals surface area contributed by atoms with E-state index in [9.17, 15) is 8.42 Å². The summed E-state index contributed by atoms with van der Waals surface area (Å²) in [6.07, 6.45) is 4.15. The molecule has 0 amide bonds. The Kier molecular flexibility index (Phi) is 5.74. The smallest absolute Gasteiger partial charge is 0.244 e. The third kappa shape index (κ3) is 4.26. The first-order valence-electron chi connectivity index (χ1n) is 7.34. The molecule has 1 unspecified atom stereocenters. The van der Waals surface area contributed by atoms with Crippen molar-refractivity contribution in [2.75, 3.05) is 20.2 Å². The number of hydrogen-bond acceptors (Lipinski definition) is 5. The molecule has 2 heterocycles. The highest BCUT2D eigenvalue weighted by Gasteiger charge is 2.24. The van der Waals surface area contributed by atoms with Gasteiger partial charge in [0.25, 0.3) is 0 Å². The minimum atomic E-state index is -3.54. The van der Waals surface area contributed by atoms with Crippen LogP contribution in [0.4, 0.5) is 0 Å². The highest BCUT2D eigenvalue weighted by molar-refractivity contribution is 7.89. The molecule has 0 spiro atoms. The number of hydrogen-bond donors (Lipinski definition) is 3. The van der Waals surface area contributed by atoms with Crippen LogP contribution < -0.4 is 10.0 Å². The summed E-state index contributed by atoms with van der Waals surface area (Å²) in [5.41, 5.74) is 1.07. The number of nitrogens with zero attached hydrogens (tertiary/aromatic N) is 1. The zero-order valence-corrected chi connectivity index (χ0v) is 13.4. The number of nitrogens with one attached hydrogen (secondary N) is 3.